The Kier molecular flexibility index (Phi) is 16.4. The van der Waals surface area contributed by atoms with Gasteiger partial charge >= 0.3 is 6.03 Å². The van der Waals surface area contributed by atoms with Crippen molar-refractivity contribution in [3.8, 4) is 0 Å². The highest BCUT2D eigenvalue weighted by Crippen LogP contribution is 2.20. The first kappa shape index (κ1) is 37.7. The molecule has 0 aliphatic carbocycles. The predicted molar refractivity (Wildman–Crippen MR) is 185 cm³/mol. The van der Waals surface area contributed by atoms with Gasteiger partial charge in [0.25, 0.3) is 0 Å². The molecular weight excluding hydrogens is 594 g/mol. The molecule has 1 aliphatic heterocycles. The molecule has 2 aromatic rings. The minimum Gasteiger partial charge on any atom is -0.344 e. The maximum atomic E-state index is 14.0. The zero-order valence-electron chi connectivity index (χ0n) is 28.2. The van der Waals surface area contributed by atoms with Gasteiger partial charge in [0.15, 0.2) is 5.78 Å². The van der Waals surface area contributed by atoms with E-state index in [2.05, 4.69) is 16.0 Å². The highest BCUT2D eigenvalue weighted by molar-refractivity contribution is 5.94. The van der Waals surface area contributed by atoms with Gasteiger partial charge in [-0.2, -0.15) is 0 Å². The van der Waals surface area contributed by atoms with Crippen LogP contribution in [0.2, 0.25) is 0 Å². The Hall–Kier alpha value is -3.80. The molecule has 11 heteroatoms. The first-order valence-electron chi connectivity index (χ1n) is 17.1. The molecule has 7 N–H and O–H groups in total. The minimum atomic E-state index is -0.939. The maximum absolute atomic E-state index is 14.0. The van der Waals surface area contributed by atoms with Crippen LogP contribution in [0, 0.1) is 11.8 Å². The number of carbonyl (C=O) groups excluding carboxylic acids is 4. The van der Waals surface area contributed by atoms with Gasteiger partial charge in [0.2, 0.25) is 11.8 Å². The summed E-state index contributed by atoms with van der Waals surface area (Å²) in [7, 11) is 0. The fourth-order valence-corrected chi connectivity index (χ4v) is 5.90. The number of piperazine rings is 1. The van der Waals surface area contributed by atoms with Gasteiger partial charge in [0.1, 0.15) is 6.04 Å². The Morgan fingerprint density at radius 1 is 0.851 bits per heavy atom. The summed E-state index contributed by atoms with van der Waals surface area (Å²) in [6.07, 6.45) is 2.80. The molecule has 2 aromatic carbocycles. The second-order valence-corrected chi connectivity index (χ2v) is 12.8. The standard InChI is InChI=1S/C36H55N7O4/c1-27(2)23-31(33(44)25-30(15-9-10-16-37)35(46)42-21-18-39-19-22-42)40-34(45)32(24-28-11-5-3-6-12-28)41-36(47)43(20-17-38)26-29-13-7-4-8-14-29/h3-8,11-14,27,30-32,39H,9-10,15-26,37-38H2,1-2H3,(H,40,45)(H,41,47)/t30-,31+,32+/m0/s1. The van der Waals surface area contributed by atoms with Crippen molar-refractivity contribution in [2.75, 3.05) is 45.8 Å². The van der Waals surface area contributed by atoms with Crippen molar-refractivity contribution >= 4 is 23.6 Å². The van der Waals surface area contributed by atoms with Crippen LogP contribution in [0.4, 0.5) is 4.79 Å². The molecule has 0 spiro atoms. The van der Waals surface area contributed by atoms with Gasteiger partial charge in [-0.15, -0.1) is 0 Å². The number of urea groups is 1. The van der Waals surface area contributed by atoms with Gasteiger partial charge in [-0.3, -0.25) is 14.4 Å². The van der Waals surface area contributed by atoms with Gasteiger partial charge in [-0.25, -0.2) is 4.79 Å². The number of ketones is 1. The highest BCUT2D eigenvalue weighted by atomic mass is 16.2. The minimum absolute atomic E-state index is 0.0147. The van der Waals surface area contributed by atoms with Crippen LogP contribution in [0.15, 0.2) is 60.7 Å². The van der Waals surface area contributed by atoms with Crippen molar-refractivity contribution in [2.45, 2.75) is 71.0 Å². The number of amides is 4. The van der Waals surface area contributed by atoms with E-state index in [0.717, 1.165) is 37.1 Å². The van der Waals surface area contributed by atoms with Crippen LogP contribution in [0.1, 0.15) is 57.1 Å². The van der Waals surface area contributed by atoms with Crippen molar-refractivity contribution in [3.05, 3.63) is 71.8 Å². The molecule has 0 saturated carbocycles. The van der Waals surface area contributed by atoms with E-state index in [4.69, 9.17) is 11.5 Å². The van der Waals surface area contributed by atoms with E-state index in [9.17, 15) is 19.2 Å². The van der Waals surface area contributed by atoms with Crippen LogP contribution in [-0.2, 0) is 27.3 Å². The number of carbonyl (C=O) groups is 4. The van der Waals surface area contributed by atoms with Crippen molar-refractivity contribution in [1.29, 1.82) is 0 Å². The molecule has 0 aromatic heterocycles. The second-order valence-electron chi connectivity index (χ2n) is 12.8. The molecule has 0 radical (unpaired) electrons. The Morgan fingerprint density at radius 2 is 1.49 bits per heavy atom. The van der Waals surface area contributed by atoms with Gasteiger partial charge in [-0.1, -0.05) is 80.9 Å². The number of benzene rings is 2. The fourth-order valence-electron chi connectivity index (χ4n) is 5.90. The lowest BCUT2D eigenvalue weighted by Crippen LogP contribution is -2.55. The topological polar surface area (TPSA) is 163 Å². The number of hydrogen-bond donors (Lipinski definition) is 5. The molecule has 258 valence electrons. The van der Waals surface area contributed by atoms with Crippen LogP contribution in [-0.4, -0.2) is 91.3 Å². The highest BCUT2D eigenvalue weighted by Gasteiger charge is 2.33. The molecule has 1 saturated heterocycles. The summed E-state index contributed by atoms with van der Waals surface area (Å²) in [5.41, 5.74) is 13.4. The lowest BCUT2D eigenvalue weighted by atomic mass is 9.89. The van der Waals surface area contributed by atoms with Crippen LogP contribution in [0.3, 0.4) is 0 Å². The van der Waals surface area contributed by atoms with Gasteiger partial charge in [-0.05, 0) is 42.9 Å². The normalized spacial score (nSPS) is 15.0. The SMILES string of the molecule is CC(C)C[C@@H](NC(=O)[C@@H](Cc1ccccc1)NC(=O)N(CCN)Cc1ccccc1)C(=O)C[C@H](CCCCN)C(=O)N1CCNCC1. The van der Waals surface area contributed by atoms with E-state index in [1.165, 1.54) is 0 Å². The zero-order chi connectivity index (χ0) is 34.0. The predicted octanol–water partition coefficient (Wildman–Crippen LogP) is 2.44. The summed E-state index contributed by atoms with van der Waals surface area (Å²) < 4.78 is 0. The molecular formula is C36H55N7O4. The van der Waals surface area contributed by atoms with Crippen molar-refractivity contribution in [2.24, 2.45) is 23.3 Å². The molecule has 1 fully saturated rings. The Bertz CT molecular complexity index is 1240. The van der Waals surface area contributed by atoms with Crippen molar-refractivity contribution < 1.29 is 19.2 Å². The second kappa shape index (κ2) is 20.4. The summed E-state index contributed by atoms with van der Waals surface area (Å²) in [4.78, 5) is 58.4. The fraction of sp³-hybridized carbons (Fsp3) is 0.556. The number of nitrogens with zero attached hydrogens (tertiary/aromatic N) is 2. The smallest absolute Gasteiger partial charge is 0.318 e. The van der Waals surface area contributed by atoms with Crippen LogP contribution >= 0.6 is 0 Å². The van der Waals surface area contributed by atoms with Crippen LogP contribution < -0.4 is 27.4 Å². The molecule has 1 heterocycles. The number of rotatable bonds is 19. The van der Waals surface area contributed by atoms with E-state index in [-0.39, 0.29) is 37.0 Å². The molecule has 0 bridgehead atoms. The van der Waals surface area contributed by atoms with E-state index in [0.29, 0.717) is 45.6 Å². The zero-order valence-corrected chi connectivity index (χ0v) is 28.2. The third kappa shape index (κ3) is 13.1. The average molecular weight is 650 g/mol. The van der Waals surface area contributed by atoms with Crippen molar-refractivity contribution in [3.63, 3.8) is 0 Å². The summed E-state index contributed by atoms with van der Waals surface area (Å²) in [5.74, 6) is -0.994. The molecule has 4 amide bonds. The molecule has 11 nitrogen and oxygen atoms in total. The number of nitrogens with two attached hydrogens (primary N) is 2. The van der Waals surface area contributed by atoms with Gasteiger partial charge < -0.3 is 37.2 Å². The summed E-state index contributed by atoms with van der Waals surface area (Å²) >= 11 is 0. The maximum Gasteiger partial charge on any atom is 0.318 e. The van der Waals surface area contributed by atoms with Crippen molar-refractivity contribution in [1.82, 2.24) is 25.8 Å². The van der Waals surface area contributed by atoms with E-state index in [1.807, 2.05) is 79.4 Å². The van der Waals surface area contributed by atoms with Gasteiger partial charge in [0.05, 0.1) is 6.04 Å². The summed E-state index contributed by atoms with van der Waals surface area (Å²) in [5, 5.41) is 9.18. The third-order valence-electron chi connectivity index (χ3n) is 8.44. The molecule has 1 aliphatic rings. The van der Waals surface area contributed by atoms with E-state index in [1.54, 1.807) is 4.90 Å². The van der Waals surface area contributed by atoms with Gasteiger partial charge in [0, 0.05) is 64.6 Å². The Morgan fingerprint density at radius 3 is 2.09 bits per heavy atom. The quantitative estimate of drug-likeness (QED) is 0.146. The number of nitrogens with one attached hydrogen (secondary N) is 3. The van der Waals surface area contributed by atoms with E-state index >= 15 is 0 Å². The Labute approximate surface area is 280 Å². The largest absolute Gasteiger partial charge is 0.344 e. The number of unbranched alkanes of at least 4 members (excludes halogenated alkanes) is 1. The first-order chi connectivity index (χ1) is 22.7. The average Bonchev–Trinajstić information content (AvgIpc) is 3.07. The third-order valence-corrected chi connectivity index (χ3v) is 8.44. The molecule has 3 atom stereocenters. The molecule has 47 heavy (non-hydrogen) atoms. The summed E-state index contributed by atoms with van der Waals surface area (Å²) in [6, 6.07) is 16.9. The van der Waals surface area contributed by atoms with Crippen LogP contribution in [0.5, 0.6) is 0 Å². The molecule has 0 unspecified atom stereocenters. The lowest BCUT2D eigenvalue weighted by Gasteiger charge is -2.32. The molecule has 3 rings (SSSR count). The number of Topliss-reactive ketones (excluding diaryl/α,β-unsaturated/α-hetero) is 1. The first-order valence-corrected chi connectivity index (χ1v) is 17.1. The monoisotopic (exact) mass is 649 g/mol. The van der Waals surface area contributed by atoms with E-state index < -0.39 is 29.9 Å². The van der Waals surface area contributed by atoms with Crippen LogP contribution in [0.25, 0.3) is 0 Å². The number of hydrogen-bond acceptors (Lipinski definition) is 7. The summed E-state index contributed by atoms with van der Waals surface area (Å²) in [6.45, 7) is 8.09. The Balaban J connectivity index is 1.79. The lowest BCUT2D eigenvalue weighted by molar-refractivity contribution is -0.139.